The first-order valence-electron chi connectivity index (χ1n) is 6.11. The van der Waals surface area contributed by atoms with E-state index in [0.29, 0.717) is 5.69 Å². The van der Waals surface area contributed by atoms with E-state index >= 15 is 0 Å². The Bertz CT molecular complexity index is 748. The average molecular weight is 287 g/mol. The van der Waals surface area contributed by atoms with Crippen molar-refractivity contribution in [1.82, 2.24) is 9.78 Å². The summed E-state index contributed by atoms with van der Waals surface area (Å²) in [7, 11) is 0. The molecule has 5 nitrogen and oxygen atoms in total. The predicted octanol–water partition coefficient (Wildman–Crippen LogP) is 2.42. The fourth-order valence-electron chi connectivity index (χ4n) is 1.95. The number of nitrogen functional groups attached to an aromatic ring is 1. The number of hydrogen-bond donors (Lipinski definition) is 1. The number of ether oxygens (including phenoxy) is 1. The quantitative estimate of drug-likeness (QED) is 0.748. The van der Waals surface area contributed by atoms with Gasteiger partial charge in [-0.05, 0) is 16.8 Å². The zero-order chi connectivity index (χ0) is 13.9. The Morgan fingerprint density at radius 3 is 3.05 bits per heavy atom. The van der Waals surface area contributed by atoms with Crippen LogP contribution in [0.25, 0.3) is 10.1 Å². The predicted molar refractivity (Wildman–Crippen MR) is 78.3 cm³/mol. The standard InChI is InChI=1S/C14H13N3O2S/c15-11-5-16-17(6-11)7-14(18)19-8-10-9-20-13-4-2-1-3-12(10)13/h1-6,9H,7-8,15H2. The number of benzene rings is 1. The lowest BCUT2D eigenvalue weighted by atomic mass is 10.2. The lowest BCUT2D eigenvalue weighted by Crippen LogP contribution is -2.13. The number of nitrogens with two attached hydrogens (primary N) is 1. The van der Waals surface area contributed by atoms with Crippen LogP contribution in [0.3, 0.4) is 0 Å². The largest absolute Gasteiger partial charge is 0.459 e. The van der Waals surface area contributed by atoms with Crippen molar-refractivity contribution in [2.45, 2.75) is 13.2 Å². The highest BCUT2D eigenvalue weighted by Crippen LogP contribution is 2.26. The topological polar surface area (TPSA) is 70.1 Å². The molecule has 0 unspecified atom stereocenters. The fourth-order valence-corrected chi connectivity index (χ4v) is 2.89. The van der Waals surface area contributed by atoms with Gasteiger partial charge in [-0.1, -0.05) is 18.2 Å². The number of aromatic nitrogens is 2. The van der Waals surface area contributed by atoms with Crippen molar-refractivity contribution in [3.05, 3.63) is 47.6 Å². The summed E-state index contributed by atoms with van der Waals surface area (Å²) in [6.07, 6.45) is 3.10. The molecule has 0 atom stereocenters. The van der Waals surface area contributed by atoms with Crippen LogP contribution in [0, 0.1) is 0 Å². The van der Waals surface area contributed by atoms with Gasteiger partial charge in [0.05, 0.1) is 11.9 Å². The molecule has 1 aromatic carbocycles. The third-order valence-electron chi connectivity index (χ3n) is 2.89. The molecule has 20 heavy (non-hydrogen) atoms. The van der Waals surface area contributed by atoms with Gasteiger partial charge in [0, 0.05) is 16.5 Å². The minimum absolute atomic E-state index is 0.0687. The molecule has 0 amide bonds. The minimum atomic E-state index is -0.330. The molecular weight excluding hydrogens is 274 g/mol. The lowest BCUT2D eigenvalue weighted by molar-refractivity contribution is -0.145. The van der Waals surface area contributed by atoms with Crippen molar-refractivity contribution >= 4 is 33.1 Å². The number of carbonyl (C=O) groups is 1. The molecule has 102 valence electrons. The van der Waals surface area contributed by atoms with Crippen molar-refractivity contribution < 1.29 is 9.53 Å². The van der Waals surface area contributed by atoms with E-state index in [-0.39, 0.29) is 19.1 Å². The smallest absolute Gasteiger partial charge is 0.328 e. The number of fused-ring (bicyclic) bond motifs is 1. The van der Waals surface area contributed by atoms with Crippen LogP contribution < -0.4 is 5.73 Å². The van der Waals surface area contributed by atoms with Crippen molar-refractivity contribution in [2.75, 3.05) is 5.73 Å². The Morgan fingerprint density at radius 2 is 2.25 bits per heavy atom. The number of anilines is 1. The van der Waals surface area contributed by atoms with Gasteiger partial charge in [-0.25, -0.2) is 0 Å². The van der Waals surface area contributed by atoms with Gasteiger partial charge in [-0.15, -0.1) is 11.3 Å². The fraction of sp³-hybridized carbons (Fsp3) is 0.143. The Balaban J connectivity index is 1.63. The monoisotopic (exact) mass is 287 g/mol. The number of hydrogen-bond acceptors (Lipinski definition) is 5. The summed E-state index contributed by atoms with van der Waals surface area (Å²) >= 11 is 1.65. The second-order valence-corrected chi connectivity index (χ2v) is 5.30. The van der Waals surface area contributed by atoms with E-state index in [4.69, 9.17) is 10.5 Å². The maximum absolute atomic E-state index is 11.7. The number of nitrogens with zero attached hydrogens (tertiary/aromatic N) is 2. The van der Waals surface area contributed by atoms with Crippen LogP contribution in [0.2, 0.25) is 0 Å². The van der Waals surface area contributed by atoms with Crippen LogP contribution in [-0.4, -0.2) is 15.7 Å². The van der Waals surface area contributed by atoms with Crippen LogP contribution in [0.4, 0.5) is 5.69 Å². The molecule has 3 rings (SSSR count). The van der Waals surface area contributed by atoms with Gasteiger partial charge in [-0.2, -0.15) is 5.10 Å². The number of thiophene rings is 1. The van der Waals surface area contributed by atoms with E-state index in [9.17, 15) is 4.79 Å². The van der Waals surface area contributed by atoms with E-state index in [0.717, 1.165) is 10.9 Å². The third-order valence-corrected chi connectivity index (χ3v) is 3.91. The highest BCUT2D eigenvalue weighted by molar-refractivity contribution is 7.17. The van der Waals surface area contributed by atoms with E-state index in [2.05, 4.69) is 11.2 Å². The summed E-state index contributed by atoms with van der Waals surface area (Å²) < 4.78 is 7.93. The zero-order valence-electron chi connectivity index (χ0n) is 10.7. The summed E-state index contributed by atoms with van der Waals surface area (Å²) in [5.74, 6) is -0.330. The Hall–Kier alpha value is -2.34. The van der Waals surface area contributed by atoms with Gasteiger partial charge < -0.3 is 10.5 Å². The number of rotatable bonds is 4. The van der Waals surface area contributed by atoms with Gasteiger partial charge in [0.2, 0.25) is 0 Å². The first-order valence-corrected chi connectivity index (χ1v) is 6.99. The second kappa shape index (κ2) is 5.34. The molecule has 0 aliphatic rings. The molecule has 3 aromatic rings. The highest BCUT2D eigenvalue weighted by atomic mass is 32.1. The molecule has 0 aliphatic carbocycles. The van der Waals surface area contributed by atoms with Crippen LogP contribution in [0.15, 0.2) is 42.0 Å². The molecule has 0 saturated carbocycles. The Morgan fingerprint density at radius 1 is 1.40 bits per heavy atom. The molecule has 0 saturated heterocycles. The van der Waals surface area contributed by atoms with Crippen molar-refractivity contribution in [3.8, 4) is 0 Å². The highest BCUT2D eigenvalue weighted by Gasteiger charge is 2.08. The molecule has 0 fully saturated rings. The molecule has 0 aliphatic heterocycles. The molecule has 2 aromatic heterocycles. The maximum Gasteiger partial charge on any atom is 0.328 e. The molecule has 0 spiro atoms. The van der Waals surface area contributed by atoms with Gasteiger partial charge in [0.25, 0.3) is 0 Å². The zero-order valence-corrected chi connectivity index (χ0v) is 11.5. The van der Waals surface area contributed by atoms with Crippen molar-refractivity contribution in [3.63, 3.8) is 0 Å². The Labute approximate surface area is 119 Å². The Kier molecular flexibility index (Phi) is 3.39. The average Bonchev–Trinajstić information content (AvgIpc) is 3.03. The number of carbonyl (C=O) groups excluding carboxylic acids is 1. The summed E-state index contributed by atoms with van der Waals surface area (Å²) in [4.78, 5) is 11.7. The first-order chi connectivity index (χ1) is 9.72. The lowest BCUT2D eigenvalue weighted by Gasteiger charge is -2.04. The van der Waals surface area contributed by atoms with Gasteiger partial charge in [0.1, 0.15) is 13.2 Å². The van der Waals surface area contributed by atoms with Gasteiger partial charge in [-0.3, -0.25) is 9.48 Å². The van der Waals surface area contributed by atoms with Crippen LogP contribution in [0.5, 0.6) is 0 Å². The SMILES string of the molecule is Nc1cnn(CC(=O)OCc2csc3ccccc23)c1. The van der Waals surface area contributed by atoms with Crippen molar-refractivity contribution in [1.29, 1.82) is 0 Å². The summed E-state index contributed by atoms with van der Waals surface area (Å²) in [6, 6.07) is 8.06. The van der Waals surface area contributed by atoms with Crippen molar-refractivity contribution in [2.24, 2.45) is 0 Å². The first kappa shape index (κ1) is 12.7. The van der Waals surface area contributed by atoms with Crippen LogP contribution >= 0.6 is 11.3 Å². The molecule has 0 bridgehead atoms. The van der Waals surface area contributed by atoms with E-state index in [1.807, 2.05) is 23.6 Å². The molecule has 6 heteroatoms. The van der Waals surface area contributed by atoms with Gasteiger partial charge >= 0.3 is 5.97 Å². The molecule has 0 radical (unpaired) electrons. The molecule has 2 heterocycles. The van der Waals surface area contributed by atoms with Gasteiger partial charge in [0.15, 0.2) is 0 Å². The van der Waals surface area contributed by atoms with E-state index in [1.165, 1.54) is 15.6 Å². The van der Waals surface area contributed by atoms with E-state index in [1.54, 1.807) is 17.5 Å². The normalized spacial score (nSPS) is 10.8. The van der Waals surface area contributed by atoms with E-state index < -0.39 is 0 Å². The third kappa shape index (κ3) is 2.65. The second-order valence-electron chi connectivity index (χ2n) is 4.39. The summed E-state index contributed by atoms with van der Waals surface area (Å²) in [5.41, 5.74) is 7.09. The number of esters is 1. The molecular formula is C14H13N3O2S. The summed E-state index contributed by atoms with van der Waals surface area (Å²) in [6.45, 7) is 0.346. The molecule has 2 N–H and O–H groups in total. The minimum Gasteiger partial charge on any atom is -0.459 e. The van der Waals surface area contributed by atoms with Crippen LogP contribution in [0.1, 0.15) is 5.56 Å². The summed E-state index contributed by atoms with van der Waals surface area (Å²) in [5, 5.41) is 7.09. The van der Waals surface area contributed by atoms with Crippen LogP contribution in [-0.2, 0) is 22.7 Å². The maximum atomic E-state index is 11.7.